The monoisotopic (exact) mass is 820 g/mol. The Morgan fingerprint density at radius 2 is 1.10 bits per heavy atom. The molecule has 8 nitrogen and oxygen atoms in total. The minimum absolute atomic E-state index is 0.0507. The summed E-state index contributed by atoms with van der Waals surface area (Å²) in [6.07, 6.45) is 16.1. The zero-order valence-corrected chi connectivity index (χ0v) is 33.8. The zero-order chi connectivity index (χ0) is 40.5. The van der Waals surface area contributed by atoms with Crippen LogP contribution in [0.5, 0.6) is 0 Å². The first kappa shape index (κ1) is 35.8. The molecule has 0 N–H and O–H groups in total. The highest BCUT2D eigenvalue weighted by Crippen LogP contribution is 2.67. The maximum Gasteiger partial charge on any atom is 0.197 e. The second-order valence-corrected chi connectivity index (χ2v) is 19.4. The Bertz CT molecular complexity index is 3080. The number of Topliss-reactive ketones (excluding diaryl/α,β-unsaturated/α-hetero) is 4. The first-order valence-corrected chi connectivity index (χ1v) is 22.1. The van der Waals surface area contributed by atoms with Crippen molar-refractivity contribution in [2.45, 2.75) is 75.0 Å². The van der Waals surface area contributed by atoms with Crippen molar-refractivity contribution in [2.75, 3.05) is 0 Å². The largest absolute Gasteiger partial charge is 0.288 e. The number of carbonyl (C=O) groups is 4. The number of hydrogen-bond donors (Lipinski definition) is 0. The molecular weight excluding hydrogens is 793 g/mol. The summed E-state index contributed by atoms with van der Waals surface area (Å²) in [5.74, 6) is -1.65. The number of thiophene rings is 3. The van der Waals surface area contributed by atoms with E-state index in [9.17, 15) is 29.7 Å². The molecule has 59 heavy (non-hydrogen) atoms. The smallest absolute Gasteiger partial charge is 0.197 e. The van der Waals surface area contributed by atoms with Crippen LogP contribution in [0.25, 0.3) is 41.0 Å². The molecule has 0 bridgehead atoms. The van der Waals surface area contributed by atoms with Gasteiger partial charge in [-0.05, 0) is 78.8 Å². The highest BCUT2D eigenvalue weighted by Gasteiger charge is 2.51. The predicted molar refractivity (Wildman–Crippen MR) is 228 cm³/mol. The first-order chi connectivity index (χ1) is 28.7. The third-order valence-electron chi connectivity index (χ3n) is 13.5. The number of rotatable bonds is 2. The summed E-state index contributed by atoms with van der Waals surface area (Å²) in [7, 11) is 0. The van der Waals surface area contributed by atoms with Crippen LogP contribution in [0, 0.1) is 35.8 Å². The molecule has 2 saturated carbocycles. The van der Waals surface area contributed by atoms with Crippen molar-refractivity contribution in [1.82, 2.24) is 0 Å². The molecule has 11 rings (SSSR count). The molecule has 6 aliphatic rings. The van der Waals surface area contributed by atoms with Gasteiger partial charge < -0.3 is 0 Å². The van der Waals surface area contributed by atoms with Crippen LogP contribution in [0.15, 0.2) is 53.1 Å². The normalized spacial score (nSPS) is 18.9. The highest BCUT2D eigenvalue weighted by molar-refractivity contribution is 7.32. The summed E-state index contributed by atoms with van der Waals surface area (Å²) < 4.78 is 2.60. The van der Waals surface area contributed by atoms with Crippen molar-refractivity contribution >= 4 is 90.1 Å². The van der Waals surface area contributed by atoms with Crippen molar-refractivity contribution in [2.24, 2.45) is 0 Å². The van der Waals surface area contributed by atoms with E-state index >= 15 is 0 Å². The van der Waals surface area contributed by atoms with E-state index in [1.54, 1.807) is 17.4 Å². The van der Waals surface area contributed by atoms with E-state index in [2.05, 4.69) is 21.8 Å². The maximum absolute atomic E-state index is 13.8. The van der Waals surface area contributed by atoms with Crippen molar-refractivity contribution in [3.8, 4) is 21.9 Å². The average molecular weight is 821 g/mol. The fraction of sp³-hybridized carbons (Fsp3) is 0.250. The number of ketones is 4. The van der Waals surface area contributed by atoms with Gasteiger partial charge in [-0.3, -0.25) is 28.9 Å². The molecule has 2 fully saturated rings. The number of fused-ring (bicyclic) bond motifs is 12. The lowest BCUT2D eigenvalue weighted by molar-refractivity contribution is 0.0974. The van der Waals surface area contributed by atoms with Gasteiger partial charge in [-0.1, -0.05) is 50.7 Å². The van der Waals surface area contributed by atoms with Crippen LogP contribution >= 0.6 is 34.0 Å². The van der Waals surface area contributed by atoms with E-state index in [-0.39, 0.29) is 66.7 Å². The quantitative estimate of drug-likeness (QED) is 0.0992. The van der Waals surface area contributed by atoms with Crippen LogP contribution < -0.4 is 0 Å². The number of benzene rings is 2. The molecule has 3 aromatic heterocycles. The van der Waals surface area contributed by atoms with Gasteiger partial charge in [-0.25, -0.2) is 0 Å². The van der Waals surface area contributed by atoms with Gasteiger partial charge in [0.25, 0.3) is 0 Å². The molecule has 2 spiro atoms. The van der Waals surface area contributed by atoms with Gasteiger partial charge in [-0.15, -0.1) is 34.0 Å². The molecule has 6 aliphatic carbocycles. The third kappa shape index (κ3) is 4.64. The second kappa shape index (κ2) is 12.6. The Morgan fingerprint density at radius 3 is 1.64 bits per heavy atom. The van der Waals surface area contributed by atoms with Crippen molar-refractivity contribution in [3.05, 3.63) is 136 Å². The summed E-state index contributed by atoms with van der Waals surface area (Å²) in [4.78, 5) is 66.3. The molecule has 0 atom stereocenters. The van der Waals surface area contributed by atoms with E-state index in [1.165, 1.54) is 71.4 Å². The Labute approximate surface area is 350 Å². The molecule has 0 saturated heterocycles. The molecule has 0 aliphatic heterocycles. The standard InChI is InChI=1S/C48H28N4O4S3/c1-51-34-19-29-30(20-35(34)52-2)42(56)31(41(29)55)15-25-16-36-37(47(25)9-5-3-6-10-47)44-46(58-36)38-45(59-44)43-33(48(38)11-7-4-8-12-48)18-26(57-43)17-32-39(53)27-13-23(21-49)24(22-50)14-28(27)40(32)54/h13-20H,3-12H2. The van der Waals surface area contributed by atoms with Gasteiger partial charge in [0.15, 0.2) is 34.5 Å². The molecule has 282 valence electrons. The van der Waals surface area contributed by atoms with E-state index in [1.807, 2.05) is 40.9 Å². The molecule has 2 aromatic carbocycles. The molecule has 0 amide bonds. The number of nitrogens with zero attached hydrogens (tertiary/aromatic N) is 4. The molecule has 0 unspecified atom stereocenters. The van der Waals surface area contributed by atoms with Crippen LogP contribution in [0.4, 0.5) is 11.4 Å². The van der Waals surface area contributed by atoms with Gasteiger partial charge >= 0.3 is 0 Å². The Balaban J connectivity index is 1.03. The Morgan fingerprint density at radius 1 is 0.593 bits per heavy atom. The SMILES string of the molecule is [C-]#[N+]c1cc2c(cc1[N+]#[C-])C(=O)C(=CC1=Cc3sc4c5c(sc4c3C13CCCCC3)-c1sc(C=C3C(=O)c4cc(C#N)c(C#N)cc4C3=O)cc1C51CCCCC1)C2=O. The summed E-state index contributed by atoms with van der Waals surface area (Å²) in [5, 5.41) is 19.1. The van der Waals surface area contributed by atoms with Crippen LogP contribution in [-0.2, 0) is 10.8 Å². The number of nitriles is 2. The van der Waals surface area contributed by atoms with Gasteiger partial charge in [0, 0.05) is 53.3 Å². The number of hydrogen-bond acceptors (Lipinski definition) is 9. The van der Waals surface area contributed by atoms with E-state index < -0.39 is 23.1 Å². The lowest BCUT2D eigenvalue weighted by Gasteiger charge is -2.36. The van der Waals surface area contributed by atoms with Crippen LogP contribution in [0.1, 0.15) is 143 Å². The summed E-state index contributed by atoms with van der Waals surface area (Å²) >= 11 is 5.27. The Kier molecular flexibility index (Phi) is 7.63. The summed E-state index contributed by atoms with van der Waals surface area (Å²) in [5.41, 5.74) is 5.60. The van der Waals surface area contributed by atoms with E-state index in [4.69, 9.17) is 13.1 Å². The Hall–Kier alpha value is -6.34. The fourth-order valence-corrected chi connectivity index (χ4v) is 15.4. The fourth-order valence-electron chi connectivity index (χ4n) is 10.9. The lowest BCUT2D eigenvalue weighted by Crippen LogP contribution is -2.29. The van der Waals surface area contributed by atoms with Crippen LogP contribution in [-0.4, -0.2) is 23.1 Å². The van der Waals surface area contributed by atoms with Gasteiger partial charge in [-0.2, -0.15) is 10.5 Å². The van der Waals surface area contributed by atoms with Crippen molar-refractivity contribution < 1.29 is 19.2 Å². The van der Waals surface area contributed by atoms with Gasteiger partial charge in [0.2, 0.25) is 0 Å². The molecule has 11 heteroatoms. The first-order valence-electron chi connectivity index (χ1n) is 19.7. The predicted octanol–water partition coefficient (Wildman–Crippen LogP) is 12.2. The lowest BCUT2D eigenvalue weighted by atomic mass is 9.66. The average Bonchev–Trinajstić information content (AvgIpc) is 4.10. The second-order valence-electron chi connectivity index (χ2n) is 16.3. The number of allylic oxidation sites excluding steroid dienone is 4. The topological polar surface area (TPSA) is 125 Å². The summed E-state index contributed by atoms with van der Waals surface area (Å²) in [6, 6.07) is 11.6. The minimum atomic E-state index is -0.429. The van der Waals surface area contributed by atoms with Crippen molar-refractivity contribution in [1.29, 1.82) is 10.5 Å². The minimum Gasteiger partial charge on any atom is -0.288 e. The van der Waals surface area contributed by atoms with E-state index in [0.717, 1.165) is 68.2 Å². The zero-order valence-electron chi connectivity index (χ0n) is 31.3. The third-order valence-corrected chi connectivity index (χ3v) is 17.3. The van der Waals surface area contributed by atoms with Gasteiger partial charge in [0.1, 0.15) is 12.1 Å². The van der Waals surface area contributed by atoms with Crippen molar-refractivity contribution in [3.63, 3.8) is 0 Å². The maximum atomic E-state index is 13.8. The van der Waals surface area contributed by atoms with Gasteiger partial charge in [0.05, 0.1) is 49.7 Å². The van der Waals surface area contributed by atoms with Crippen LogP contribution in [0.3, 0.4) is 0 Å². The molecule has 0 radical (unpaired) electrons. The highest BCUT2D eigenvalue weighted by atomic mass is 32.1. The van der Waals surface area contributed by atoms with Crippen LogP contribution in [0.2, 0.25) is 0 Å². The molecular formula is C48H28N4O4S3. The summed E-state index contributed by atoms with van der Waals surface area (Å²) in [6.45, 7) is 15.0. The number of carbonyl (C=O) groups excluding carboxylic acids is 4. The molecule has 3 heterocycles. The molecule has 5 aromatic rings. The van der Waals surface area contributed by atoms with E-state index in [0.29, 0.717) is 0 Å².